The second-order valence-corrected chi connectivity index (χ2v) is 4.78. The predicted molar refractivity (Wildman–Crippen MR) is 77.1 cm³/mol. The lowest BCUT2D eigenvalue weighted by molar-refractivity contribution is 1.21. The summed E-state index contributed by atoms with van der Waals surface area (Å²) in [6, 6.07) is 16.1. The molecular weight excluding hydrogens is 244 g/mol. The van der Waals surface area contributed by atoms with Gasteiger partial charge in [-0.2, -0.15) is 0 Å². The van der Waals surface area contributed by atoms with Crippen LogP contribution in [0.3, 0.4) is 0 Å². The van der Waals surface area contributed by atoms with Crippen molar-refractivity contribution >= 4 is 28.7 Å². The van der Waals surface area contributed by atoms with E-state index in [1.807, 2.05) is 42.5 Å². The molecule has 90 valence electrons. The number of anilines is 1. The third kappa shape index (κ3) is 1.89. The highest BCUT2D eigenvalue weighted by Gasteiger charge is 2.22. The summed E-state index contributed by atoms with van der Waals surface area (Å²) in [6.07, 6.45) is 0. The van der Waals surface area contributed by atoms with E-state index in [4.69, 9.17) is 16.6 Å². The molecule has 1 N–H and O–H groups in total. The smallest absolute Gasteiger partial charge is 0.145 e. The Balaban J connectivity index is 2.14. The van der Waals surface area contributed by atoms with Crippen LogP contribution in [0.2, 0.25) is 0 Å². The fourth-order valence-corrected chi connectivity index (χ4v) is 2.42. The second kappa shape index (κ2) is 4.46. The molecule has 0 aliphatic carbocycles. The molecule has 3 heteroatoms. The zero-order valence-corrected chi connectivity index (χ0v) is 10.8. The van der Waals surface area contributed by atoms with E-state index in [2.05, 4.69) is 18.3 Å². The summed E-state index contributed by atoms with van der Waals surface area (Å²) in [5.41, 5.74) is 4.76. The fraction of sp³-hybridized carbons (Fsp3) is 0.133. The minimum absolute atomic E-state index is 0.290. The van der Waals surface area contributed by atoms with Gasteiger partial charge in [-0.3, -0.25) is 0 Å². The number of hydrogen-bond donors (Lipinski definition) is 1. The number of hydrogen-bond acceptors (Lipinski definition) is 2. The fourth-order valence-electron chi connectivity index (χ4n) is 2.13. The van der Waals surface area contributed by atoms with Crippen molar-refractivity contribution in [2.24, 2.45) is 4.99 Å². The molecule has 1 aliphatic rings. The number of benzene rings is 2. The zero-order chi connectivity index (χ0) is 12.5. The lowest BCUT2D eigenvalue weighted by Crippen LogP contribution is -2.27. The molecule has 1 unspecified atom stereocenters. The summed E-state index contributed by atoms with van der Waals surface area (Å²) in [6.45, 7) is 2.06. The van der Waals surface area contributed by atoms with Crippen molar-refractivity contribution < 1.29 is 0 Å². The van der Waals surface area contributed by atoms with E-state index < -0.39 is 0 Å². The third-order valence-corrected chi connectivity index (χ3v) is 3.38. The van der Waals surface area contributed by atoms with Crippen LogP contribution >= 0.6 is 11.6 Å². The highest BCUT2D eigenvalue weighted by Crippen LogP contribution is 2.34. The molecule has 0 saturated heterocycles. The van der Waals surface area contributed by atoms with Crippen molar-refractivity contribution in [2.45, 2.75) is 12.4 Å². The largest absolute Gasteiger partial charge is 0.363 e. The van der Waals surface area contributed by atoms with Gasteiger partial charge in [0.1, 0.15) is 5.50 Å². The minimum Gasteiger partial charge on any atom is -0.363 e. The van der Waals surface area contributed by atoms with Crippen molar-refractivity contribution in [3.8, 4) is 0 Å². The Hall–Kier alpha value is -1.80. The number of para-hydroxylation sites is 1. The Morgan fingerprint density at radius 3 is 2.61 bits per heavy atom. The first kappa shape index (κ1) is 11.3. The van der Waals surface area contributed by atoms with E-state index in [1.54, 1.807) is 0 Å². The van der Waals surface area contributed by atoms with Crippen LogP contribution in [0.1, 0.15) is 11.1 Å². The Morgan fingerprint density at radius 2 is 1.83 bits per heavy atom. The van der Waals surface area contributed by atoms with Gasteiger partial charge in [-0.05, 0) is 24.1 Å². The van der Waals surface area contributed by atoms with Gasteiger partial charge in [-0.15, -0.1) is 0 Å². The minimum atomic E-state index is -0.290. The number of aryl methyl sites for hydroxylation is 1. The van der Waals surface area contributed by atoms with Crippen molar-refractivity contribution in [1.29, 1.82) is 0 Å². The molecule has 2 aromatic rings. The molecular formula is C15H13ClN2. The van der Waals surface area contributed by atoms with Gasteiger partial charge >= 0.3 is 0 Å². The third-order valence-electron chi connectivity index (χ3n) is 3.06. The summed E-state index contributed by atoms with van der Waals surface area (Å²) in [7, 11) is 0. The molecule has 3 rings (SSSR count). The van der Waals surface area contributed by atoms with E-state index >= 15 is 0 Å². The van der Waals surface area contributed by atoms with E-state index in [0.29, 0.717) is 0 Å². The molecule has 1 heterocycles. The highest BCUT2D eigenvalue weighted by atomic mass is 35.5. The number of aliphatic imine (C=N–C) groups is 1. The molecule has 0 fully saturated rings. The van der Waals surface area contributed by atoms with Crippen LogP contribution in [0.15, 0.2) is 53.5 Å². The maximum absolute atomic E-state index is 6.36. The van der Waals surface area contributed by atoms with Gasteiger partial charge in [0.2, 0.25) is 0 Å². The molecule has 0 spiro atoms. The predicted octanol–water partition coefficient (Wildman–Crippen LogP) is 4.11. The summed E-state index contributed by atoms with van der Waals surface area (Å²) in [5.74, 6) is 0. The Morgan fingerprint density at radius 1 is 1.06 bits per heavy atom. The van der Waals surface area contributed by atoms with Crippen LogP contribution in [-0.4, -0.2) is 11.2 Å². The van der Waals surface area contributed by atoms with Gasteiger partial charge in [0.05, 0.1) is 17.1 Å². The number of fused-ring (bicyclic) bond motifs is 1. The molecule has 2 aromatic carbocycles. The maximum atomic E-state index is 6.36. The van der Waals surface area contributed by atoms with Crippen LogP contribution < -0.4 is 5.32 Å². The van der Waals surface area contributed by atoms with Gasteiger partial charge in [-0.1, -0.05) is 54.1 Å². The SMILES string of the molecule is Cc1cccc2c1N=C(c1ccccc1)C(Cl)N2. The summed E-state index contributed by atoms with van der Waals surface area (Å²) >= 11 is 6.36. The van der Waals surface area contributed by atoms with Crippen LogP contribution in [0.25, 0.3) is 0 Å². The van der Waals surface area contributed by atoms with Crippen molar-refractivity contribution in [3.63, 3.8) is 0 Å². The molecule has 18 heavy (non-hydrogen) atoms. The molecule has 1 aliphatic heterocycles. The molecule has 2 nitrogen and oxygen atoms in total. The van der Waals surface area contributed by atoms with E-state index in [1.165, 1.54) is 0 Å². The van der Waals surface area contributed by atoms with Crippen LogP contribution in [0.5, 0.6) is 0 Å². The van der Waals surface area contributed by atoms with Gasteiger partial charge in [0.15, 0.2) is 0 Å². The van der Waals surface area contributed by atoms with Gasteiger partial charge in [0.25, 0.3) is 0 Å². The average molecular weight is 257 g/mol. The number of halogens is 1. The number of rotatable bonds is 1. The van der Waals surface area contributed by atoms with E-state index in [-0.39, 0.29) is 5.50 Å². The van der Waals surface area contributed by atoms with Crippen LogP contribution in [0, 0.1) is 6.92 Å². The Kier molecular flexibility index (Phi) is 2.80. The molecule has 1 atom stereocenters. The lowest BCUT2D eigenvalue weighted by Gasteiger charge is -2.23. The first-order valence-electron chi connectivity index (χ1n) is 5.90. The zero-order valence-electron chi connectivity index (χ0n) is 10.0. The monoisotopic (exact) mass is 256 g/mol. The summed E-state index contributed by atoms with van der Waals surface area (Å²) in [4.78, 5) is 4.72. The van der Waals surface area contributed by atoms with Gasteiger partial charge < -0.3 is 5.32 Å². The molecule has 0 bridgehead atoms. The topological polar surface area (TPSA) is 24.4 Å². The Bertz CT molecular complexity index is 605. The van der Waals surface area contributed by atoms with E-state index in [0.717, 1.165) is 28.2 Å². The van der Waals surface area contributed by atoms with Crippen molar-refractivity contribution in [2.75, 3.05) is 5.32 Å². The van der Waals surface area contributed by atoms with Crippen molar-refractivity contribution in [1.82, 2.24) is 0 Å². The molecule has 0 saturated carbocycles. The van der Waals surface area contributed by atoms with Crippen LogP contribution in [-0.2, 0) is 0 Å². The first-order chi connectivity index (χ1) is 8.75. The highest BCUT2D eigenvalue weighted by molar-refractivity contribution is 6.37. The van der Waals surface area contributed by atoms with Gasteiger partial charge in [0, 0.05) is 0 Å². The maximum Gasteiger partial charge on any atom is 0.145 e. The summed E-state index contributed by atoms with van der Waals surface area (Å²) in [5, 5.41) is 3.28. The molecule has 0 amide bonds. The van der Waals surface area contributed by atoms with Crippen LogP contribution in [0.4, 0.5) is 11.4 Å². The average Bonchev–Trinajstić information content (AvgIpc) is 2.39. The van der Waals surface area contributed by atoms with Crippen molar-refractivity contribution in [3.05, 3.63) is 59.7 Å². The lowest BCUT2D eigenvalue weighted by atomic mass is 10.1. The second-order valence-electron chi connectivity index (χ2n) is 4.34. The molecule has 0 aromatic heterocycles. The summed E-state index contributed by atoms with van der Waals surface area (Å²) < 4.78 is 0. The normalized spacial score (nSPS) is 17.7. The standard InChI is InChI=1S/C15H13ClN2/c1-10-6-5-9-12-13(10)18-14(15(16)17-12)11-7-3-2-4-8-11/h2-9,15,17H,1H3. The number of nitrogens with one attached hydrogen (secondary N) is 1. The van der Waals surface area contributed by atoms with E-state index in [9.17, 15) is 0 Å². The number of nitrogens with zero attached hydrogens (tertiary/aromatic N) is 1. The number of alkyl halides is 1. The quantitative estimate of drug-likeness (QED) is 0.603. The molecule has 0 radical (unpaired) electrons. The van der Waals surface area contributed by atoms with Gasteiger partial charge in [-0.25, -0.2) is 4.99 Å². The Labute approximate surface area is 111 Å². The first-order valence-corrected chi connectivity index (χ1v) is 6.33.